The molecule has 0 bridgehead atoms. The van der Waals surface area contributed by atoms with Crippen LogP contribution in [0.15, 0.2) is 36.5 Å². The maximum atomic E-state index is 6.03. The summed E-state index contributed by atoms with van der Waals surface area (Å²) in [6.45, 7) is 0.568. The Labute approximate surface area is 93.5 Å². The van der Waals surface area contributed by atoms with E-state index in [1.54, 1.807) is 6.20 Å². The molecule has 0 saturated heterocycles. The Morgan fingerprint density at radius 2 is 2.00 bits per heavy atom. The monoisotopic (exact) mass is 221 g/mol. The number of nitrogens with zero attached hydrogens (tertiary/aromatic N) is 2. The number of nitrogens with two attached hydrogens (primary N) is 1. The predicted molar refractivity (Wildman–Crippen MR) is 61.3 cm³/mol. The van der Waals surface area contributed by atoms with Gasteiger partial charge in [-0.2, -0.15) is 5.10 Å². The van der Waals surface area contributed by atoms with Crippen LogP contribution in [0.1, 0.15) is 5.69 Å². The fourth-order valence-electron chi connectivity index (χ4n) is 1.51. The van der Waals surface area contributed by atoms with Gasteiger partial charge in [-0.05, 0) is 18.7 Å². The van der Waals surface area contributed by atoms with Crippen LogP contribution in [-0.2, 0) is 6.42 Å². The summed E-state index contributed by atoms with van der Waals surface area (Å²) in [5.74, 6) is 0. The molecule has 0 fully saturated rings. The summed E-state index contributed by atoms with van der Waals surface area (Å²) in [5, 5.41) is 4.90. The SMILES string of the molecule is NCCc1c(Cl)cnn1-c1ccccc1. The van der Waals surface area contributed by atoms with E-state index < -0.39 is 0 Å². The van der Waals surface area contributed by atoms with Gasteiger partial charge in [0.15, 0.2) is 0 Å². The molecule has 2 N–H and O–H groups in total. The van der Waals surface area contributed by atoms with Crippen molar-refractivity contribution in [2.75, 3.05) is 6.54 Å². The third-order valence-corrected chi connectivity index (χ3v) is 2.52. The van der Waals surface area contributed by atoms with Crippen molar-refractivity contribution >= 4 is 11.6 Å². The number of para-hydroxylation sites is 1. The van der Waals surface area contributed by atoms with E-state index in [1.165, 1.54) is 0 Å². The van der Waals surface area contributed by atoms with Crippen LogP contribution in [-0.4, -0.2) is 16.3 Å². The lowest BCUT2D eigenvalue weighted by atomic mass is 10.3. The minimum absolute atomic E-state index is 0.568. The van der Waals surface area contributed by atoms with Crippen molar-refractivity contribution in [3.05, 3.63) is 47.2 Å². The van der Waals surface area contributed by atoms with Crippen molar-refractivity contribution in [2.24, 2.45) is 5.73 Å². The van der Waals surface area contributed by atoms with Crippen LogP contribution < -0.4 is 5.73 Å². The van der Waals surface area contributed by atoms with Crippen LogP contribution in [0.5, 0.6) is 0 Å². The van der Waals surface area contributed by atoms with Crippen molar-refractivity contribution in [3.63, 3.8) is 0 Å². The largest absolute Gasteiger partial charge is 0.330 e. The second-order valence-corrected chi connectivity index (χ2v) is 3.63. The third-order valence-electron chi connectivity index (χ3n) is 2.20. The second-order valence-electron chi connectivity index (χ2n) is 3.23. The molecule has 4 heteroatoms. The van der Waals surface area contributed by atoms with Crippen LogP contribution in [0, 0.1) is 0 Å². The van der Waals surface area contributed by atoms with E-state index in [-0.39, 0.29) is 0 Å². The molecule has 3 nitrogen and oxygen atoms in total. The average Bonchev–Trinajstić information content (AvgIpc) is 2.63. The minimum Gasteiger partial charge on any atom is -0.330 e. The van der Waals surface area contributed by atoms with Crippen LogP contribution in [0.3, 0.4) is 0 Å². The number of aromatic nitrogens is 2. The van der Waals surface area contributed by atoms with E-state index in [0.29, 0.717) is 11.6 Å². The van der Waals surface area contributed by atoms with E-state index in [9.17, 15) is 0 Å². The summed E-state index contributed by atoms with van der Waals surface area (Å²) >= 11 is 6.03. The molecule has 1 heterocycles. The van der Waals surface area contributed by atoms with Crippen LogP contribution in [0.2, 0.25) is 5.02 Å². The van der Waals surface area contributed by atoms with Crippen molar-refractivity contribution in [3.8, 4) is 5.69 Å². The summed E-state index contributed by atoms with van der Waals surface area (Å²) in [7, 11) is 0. The van der Waals surface area contributed by atoms with E-state index >= 15 is 0 Å². The Balaban J connectivity index is 2.44. The topological polar surface area (TPSA) is 43.8 Å². The fourth-order valence-corrected chi connectivity index (χ4v) is 1.73. The zero-order valence-corrected chi connectivity index (χ0v) is 8.98. The molecule has 78 valence electrons. The molecule has 0 amide bonds. The standard InChI is InChI=1S/C11H12ClN3/c12-10-8-14-15(11(10)6-7-13)9-4-2-1-3-5-9/h1-5,8H,6-7,13H2. The lowest BCUT2D eigenvalue weighted by Gasteiger charge is -2.06. The van der Waals surface area contributed by atoms with Crippen molar-refractivity contribution in [2.45, 2.75) is 6.42 Å². The Bertz CT molecular complexity index is 436. The van der Waals surface area contributed by atoms with Gasteiger partial charge in [0.1, 0.15) is 0 Å². The van der Waals surface area contributed by atoms with Gasteiger partial charge in [-0.3, -0.25) is 0 Å². The highest BCUT2D eigenvalue weighted by Crippen LogP contribution is 2.19. The molecule has 1 aromatic heterocycles. The summed E-state index contributed by atoms with van der Waals surface area (Å²) in [5.41, 5.74) is 7.51. The van der Waals surface area contributed by atoms with Crippen molar-refractivity contribution < 1.29 is 0 Å². The molecule has 0 spiro atoms. The lowest BCUT2D eigenvalue weighted by molar-refractivity contribution is 0.791. The number of benzene rings is 1. The first-order valence-corrected chi connectivity index (χ1v) is 5.18. The summed E-state index contributed by atoms with van der Waals surface area (Å²) in [6.07, 6.45) is 2.38. The van der Waals surface area contributed by atoms with Gasteiger partial charge in [0.2, 0.25) is 0 Å². The van der Waals surface area contributed by atoms with Gasteiger partial charge in [0.25, 0.3) is 0 Å². The maximum Gasteiger partial charge on any atom is 0.0823 e. The first kappa shape index (κ1) is 10.2. The Morgan fingerprint density at radius 3 is 2.67 bits per heavy atom. The minimum atomic E-state index is 0.568. The molecule has 0 atom stereocenters. The number of hydrogen-bond acceptors (Lipinski definition) is 2. The third kappa shape index (κ3) is 2.03. The first-order valence-electron chi connectivity index (χ1n) is 4.81. The lowest BCUT2D eigenvalue weighted by Crippen LogP contribution is -2.09. The first-order chi connectivity index (χ1) is 7.33. The van der Waals surface area contributed by atoms with Crippen LogP contribution in [0.4, 0.5) is 0 Å². The van der Waals surface area contributed by atoms with E-state index in [1.807, 2.05) is 35.0 Å². The van der Waals surface area contributed by atoms with Crippen LogP contribution in [0.25, 0.3) is 5.69 Å². The van der Waals surface area contributed by atoms with Gasteiger partial charge < -0.3 is 5.73 Å². The summed E-state index contributed by atoms with van der Waals surface area (Å²) < 4.78 is 1.83. The predicted octanol–water partition coefficient (Wildman–Crippen LogP) is 2.03. The van der Waals surface area contributed by atoms with Gasteiger partial charge in [-0.25, -0.2) is 4.68 Å². The zero-order chi connectivity index (χ0) is 10.7. The molecule has 0 saturated carbocycles. The number of rotatable bonds is 3. The van der Waals surface area contributed by atoms with E-state index in [2.05, 4.69) is 5.10 Å². The highest BCUT2D eigenvalue weighted by molar-refractivity contribution is 6.31. The molecule has 0 aliphatic carbocycles. The zero-order valence-electron chi connectivity index (χ0n) is 8.23. The van der Waals surface area contributed by atoms with Gasteiger partial charge in [-0.15, -0.1) is 0 Å². The maximum absolute atomic E-state index is 6.03. The highest BCUT2D eigenvalue weighted by atomic mass is 35.5. The molecule has 0 unspecified atom stereocenters. The highest BCUT2D eigenvalue weighted by Gasteiger charge is 2.08. The quantitative estimate of drug-likeness (QED) is 0.862. The van der Waals surface area contributed by atoms with Crippen molar-refractivity contribution in [1.82, 2.24) is 9.78 Å². The molecular formula is C11H12ClN3. The summed E-state index contributed by atoms with van der Waals surface area (Å²) in [6, 6.07) is 9.89. The fraction of sp³-hybridized carbons (Fsp3) is 0.182. The Hall–Kier alpha value is -1.32. The smallest absolute Gasteiger partial charge is 0.0823 e. The molecule has 0 aliphatic rings. The molecule has 0 aliphatic heterocycles. The molecule has 0 radical (unpaired) electrons. The van der Waals surface area contributed by atoms with Gasteiger partial charge >= 0.3 is 0 Å². The normalized spacial score (nSPS) is 10.5. The molecular weight excluding hydrogens is 210 g/mol. The Kier molecular flexibility index (Phi) is 3.04. The molecule has 1 aromatic carbocycles. The van der Waals surface area contributed by atoms with Gasteiger partial charge in [-0.1, -0.05) is 29.8 Å². The number of halogens is 1. The summed E-state index contributed by atoms with van der Waals surface area (Å²) in [4.78, 5) is 0. The van der Waals surface area contributed by atoms with Crippen molar-refractivity contribution in [1.29, 1.82) is 0 Å². The van der Waals surface area contributed by atoms with Gasteiger partial charge in [0.05, 0.1) is 22.6 Å². The van der Waals surface area contributed by atoms with E-state index in [0.717, 1.165) is 17.8 Å². The molecule has 15 heavy (non-hydrogen) atoms. The average molecular weight is 222 g/mol. The molecule has 2 rings (SSSR count). The van der Waals surface area contributed by atoms with Gasteiger partial charge in [0, 0.05) is 6.42 Å². The second kappa shape index (κ2) is 4.47. The van der Waals surface area contributed by atoms with Crippen LogP contribution >= 0.6 is 11.6 Å². The van der Waals surface area contributed by atoms with E-state index in [4.69, 9.17) is 17.3 Å². The number of hydrogen-bond donors (Lipinski definition) is 1. The molecule has 2 aromatic rings. The Morgan fingerprint density at radius 1 is 1.27 bits per heavy atom.